The van der Waals surface area contributed by atoms with E-state index in [-0.39, 0.29) is 0 Å². The number of nitrogens with one attached hydrogen (secondary N) is 2. The van der Waals surface area contributed by atoms with Crippen LogP contribution >= 0.6 is 12.2 Å². The molecule has 0 unspecified atom stereocenters. The Morgan fingerprint density at radius 1 is 1.07 bits per heavy atom. The van der Waals surface area contributed by atoms with Gasteiger partial charge < -0.3 is 20.4 Å². The van der Waals surface area contributed by atoms with Crippen LogP contribution in [-0.2, 0) is 0 Å². The summed E-state index contributed by atoms with van der Waals surface area (Å²) in [4.78, 5) is 14.4. The zero-order valence-corrected chi connectivity index (χ0v) is 17.7. The fourth-order valence-electron chi connectivity index (χ4n) is 3.88. The molecular weight excluding hydrogens is 356 g/mol. The van der Waals surface area contributed by atoms with Gasteiger partial charge in [-0.2, -0.15) is 9.97 Å². The van der Waals surface area contributed by atoms with Crippen LogP contribution in [0, 0.1) is 5.92 Å². The number of anilines is 3. The average molecular weight is 391 g/mol. The van der Waals surface area contributed by atoms with Crippen LogP contribution in [0.3, 0.4) is 0 Å². The first-order chi connectivity index (χ1) is 13.2. The fraction of sp³-hybridized carbons (Fsp3) is 0.750. The summed E-state index contributed by atoms with van der Waals surface area (Å²) in [5.74, 6) is 3.37. The molecule has 1 aromatic heterocycles. The number of thiocarbonyl (C=S) groups is 1. The highest BCUT2D eigenvalue weighted by Crippen LogP contribution is 2.27. The van der Waals surface area contributed by atoms with Gasteiger partial charge in [0.25, 0.3) is 0 Å². The van der Waals surface area contributed by atoms with Crippen LogP contribution in [0.25, 0.3) is 0 Å². The predicted molar refractivity (Wildman–Crippen MR) is 118 cm³/mol. The van der Waals surface area contributed by atoms with Gasteiger partial charge in [-0.3, -0.25) is 0 Å². The Balaban J connectivity index is 1.83. The molecule has 0 bridgehead atoms. The Bertz CT molecular complexity index is 594. The molecular formula is C20H34N6S. The molecule has 0 spiro atoms. The highest BCUT2D eigenvalue weighted by molar-refractivity contribution is 7.80. The fourth-order valence-corrected chi connectivity index (χ4v) is 4.08. The highest BCUT2D eigenvalue weighted by atomic mass is 32.1. The third kappa shape index (κ3) is 5.92. The van der Waals surface area contributed by atoms with Crippen LogP contribution in [-0.4, -0.2) is 47.8 Å². The van der Waals surface area contributed by atoms with E-state index in [1.807, 2.05) is 0 Å². The van der Waals surface area contributed by atoms with Crippen molar-refractivity contribution in [3.63, 3.8) is 0 Å². The van der Waals surface area contributed by atoms with Crippen LogP contribution in [0.1, 0.15) is 58.8 Å². The normalized spacial score (nSPS) is 20.9. The molecule has 0 aliphatic carbocycles. The first-order valence-corrected chi connectivity index (χ1v) is 11.0. The summed E-state index contributed by atoms with van der Waals surface area (Å²) in [5.41, 5.74) is 0. The van der Waals surface area contributed by atoms with Crippen molar-refractivity contribution in [3.05, 3.63) is 6.07 Å². The number of aromatic nitrogens is 2. The molecule has 3 heterocycles. The van der Waals surface area contributed by atoms with Crippen molar-refractivity contribution in [1.29, 1.82) is 0 Å². The Kier molecular flexibility index (Phi) is 7.50. The topological polar surface area (TPSA) is 56.3 Å². The molecule has 27 heavy (non-hydrogen) atoms. The minimum atomic E-state index is 0.600. The van der Waals surface area contributed by atoms with Gasteiger partial charge in [-0.25, -0.2) is 0 Å². The molecule has 6 nitrogen and oxygen atoms in total. The predicted octanol–water partition coefficient (Wildman–Crippen LogP) is 3.79. The zero-order valence-electron chi connectivity index (χ0n) is 16.8. The van der Waals surface area contributed by atoms with Crippen molar-refractivity contribution in [2.24, 2.45) is 5.92 Å². The van der Waals surface area contributed by atoms with Crippen LogP contribution in [0.5, 0.6) is 0 Å². The molecule has 0 radical (unpaired) electrons. The molecule has 2 saturated heterocycles. The van der Waals surface area contributed by atoms with Gasteiger partial charge in [0.15, 0.2) is 5.11 Å². The number of rotatable bonds is 5. The molecule has 2 aliphatic rings. The van der Waals surface area contributed by atoms with Gasteiger partial charge in [0, 0.05) is 38.8 Å². The average Bonchev–Trinajstić information content (AvgIpc) is 2.95. The molecule has 7 heteroatoms. The van der Waals surface area contributed by atoms with Crippen molar-refractivity contribution in [1.82, 2.24) is 15.3 Å². The van der Waals surface area contributed by atoms with E-state index in [0.29, 0.717) is 17.0 Å². The summed E-state index contributed by atoms with van der Waals surface area (Å²) < 4.78 is 0. The van der Waals surface area contributed by atoms with Crippen molar-refractivity contribution in [2.45, 2.75) is 58.8 Å². The lowest BCUT2D eigenvalue weighted by molar-refractivity contribution is 0.444. The first-order valence-electron chi connectivity index (χ1n) is 10.6. The van der Waals surface area contributed by atoms with Gasteiger partial charge in [0.1, 0.15) is 11.6 Å². The number of hydrogen-bond donors (Lipinski definition) is 2. The maximum absolute atomic E-state index is 5.41. The minimum absolute atomic E-state index is 0.600. The van der Waals surface area contributed by atoms with Crippen LogP contribution in [0.2, 0.25) is 0 Å². The molecule has 2 aliphatic heterocycles. The van der Waals surface area contributed by atoms with E-state index in [9.17, 15) is 0 Å². The largest absolute Gasteiger partial charge is 0.362 e. The Hall–Kier alpha value is -1.63. The molecule has 2 N–H and O–H groups in total. The summed E-state index contributed by atoms with van der Waals surface area (Å²) in [6.07, 6.45) is 8.66. The van der Waals surface area contributed by atoms with E-state index in [1.165, 1.54) is 38.5 Å². The van der Waals surface area contributed by atoms with Crippen molar-refractivity contribution in [3.8, 4) is 0 Å². The molecule has 2 fully saturated rings. The monoisotopic (exact) mass is 390 g/mol. The minimum Gasteiger partial charge on any atom is -0.362 e. The van der Waals surface area contributed by atoms with Gasteiger partial charge >= 0.3 is 0 Å². The van der Waals surface area contributed by atoms with E-state index in [0.717, 1.165) is 50.8 Å². The molecule has 0 amide bonds. The summed E-state index contributed by atoms with van der Waals surface area (Å²) in [6.45, 7) is 9.59. The first kappa shape index (κ1) is 20.1. The Morgan fingerprint density at radius 2 is 1.74 bits per heavy atom. The smallest absolute Gasteiger partial charge is 0.232 e. The maximum atomic E-state index is 5.41. The second-order valence-electron chi connectivity index (χ2n) is 7.88. The van der Waals surface area contributed by atoms with E-state index in [1.54, 1.807) is 0 Å². The van der Waals surface area contributed by atoms with Gasteiger partial charge in [0.2, 0.25) is 5.95 Å². The summed E-state index contributed by atoms with van der Waals surface area (Å²) in [6, 6.07) is 2.18. The van der Waals surface area contributed by atoms with Crippen molar-refractivity contribution < 1.29 is 0 Å². The third-order valence-electron chi connectivity index (χ3n) is 5.37. The van der Waals surface area contributed by atoms with E-state index in [4.69, 9.17) is 22.2 Å². The van der Waals surface area contributed by atoms with Crippen LogP contribution < -0.4 is 20.4 Å². The second kappa shape index (κ2) is 10.1. The lowest BCUT2D eigenvalue weighted by atomic mass is 10.0. The molecule has 1 atom stereocenters. The lowest BCUT2D eigenvalue weighted by Crippen LogP contribution is -2.36. The van der Waals surface area contributed by atoms with Gasteiger partial charge in [0.05, 0.1) is 0 Å². The van der Waals surface area contributed by atoms with Crippen LogP contribution in [0.15, 0.2) is 6.07 Å². The lowest BCUT2D eigenvalue weighted by Gasteiger charge is -2.33. The molecule has 3 rings (SSSR count). The summed E-state index contributed by atoms with van der Waals surface area (Å²) >= 11 is 5.41. The van der Waals surface area contributed by atoms with Crippen molar-refractivity contribution >= 4 is 34.9 Å². The van der Waals surface area contributed by atoms with Gasteiger partial charge in [-0.15, -0.1) is 0 Å². The highest BCUT2D eigenvalue weighted by Gasteiger charge is 2.21. The summed E-state index contributed by atoms with van der Waals surface area (Å²) in [5, 5.41) is 7.02. The quantitative estimate of drug-likeness (QED) is 0.742. The Morgan fingerprint density at radius 3 is 2.41 bits per heavy atom. The van der Waals surface area contributed by atoms with E-state index >= 15 is 0 Å². The maximum Gasteiger partial charge on any atom is 0.232 e. The SMILES string of the molecule is CCCNC(=S)Nc1nc(N2CCCCCC2)cc(N2CCC[C@H](C)C2)n1. The number of nitrogens with zero attached hydrogens (tertiary/aromatic N) is 4. The molecule has 0 saturated carbocycles. The van der Waals surface area contributed by atoms with Crippen molar-refractivity contribution in [2.75, 3.05) is 47.8 Å². The van der Waals surface area contributed by atoms with E-state index in [2.05, 4.69) is 40.3 Å². The molecule has 0 aromatic carbocycles. The standard InChI is InChI=1S/C20H34N6S/c1-3-10-21-20(27)24-19-22-17(25-11-6-4-5-7-12-25)14-18(23-19)26-13-8-9-16(2)15-26/h14,16H,3-13,15H2,1-2H3,(H2,21,22,23,24,27)/t16-/m0/s1. The zero-order chi connectivity index (χ0) is 19.1. The molecule has 150 valence electrons. The van der Waals surface area contributed by atoms with E-state index < -0.39 is 0 Å². The van der Waals surface area contributed by atoms with Gasteiger partial charge in [-0.1, -0.05) is 26.7 Å². The third-order valence-corrected chi connectivity index (χ3v) is 5.62. The number of hydrogen-bond acceptors (Lipinski definition) is 5. The molecule has 1 aromatic rings. The Labute approximate surface area is 169 Å². The number of piperidine rings is 1. The van der Waals surface area contributed by atoms with Gasteiger partial charge in [-0.05, 0) is 50.2 Å². The van der Waals surface area contributed by atoms with Crippen LogP contribution in [0.4, 0.5) is 17.6 Å². The summed E-state index contributed by atoms with van der Waals surface area (Å²) in [7, 11) is 0. The second-order valence-corrected chi connectivity index (χ2v) is 8.29.